The lowest BCUT2D eigenvalue weighted by Crippen LogP contribution is -1.59. The molecule has 0 unspecified atom stereocenters. The van der Waals surface area contributed by atoms with Crippen molar-refractivity contribution in [1.82, 2.24) is 0 Å². The van der Waals surface area contributed by atoms with Crippen molar-refractivity contribution in [3.63, 3.8) is 0 Å². The summed E-state index contributed by atoms with van der Waals surface area (Å²) in [4.78, 5) is 0. The first kappa shape index (κ1) is 23.5. The highest BCUT2D eigenvalue weighted by Crippen LogP contribution is 1.88. The Labute approximate surface area is 93.8 Å². The average Bonchev–Trinajstić information content (AvgIpc) is 2.27. The van der Waals surface area contributed by atoms with Gasteiger partial charge in [0.05, 0.1) is 0 Å². The van der Waals surface area contributed by atoms with Crippen molar-refractivity contribution in [3.05, 3.63) is 12.2 Å². The second-order valence-electron chi connectivity index (χ2n) is 2.33. The molecule has 0 saturated heterocycles. The fourth-order valence-corrected chi connectivity index (χ4v) is 0.589. The predicted molar refractivity (Wildman–Crippen MR) is 73.0 cm³/mol. The summed E-state index contributed by atoms with van der Waals surface area (Å²) in [5.41, 5.74) is 0. The van der Waals surface area contributed by atoms with Gasteiger partial charge in [-0.2, -0.15) is 0 Å². The number of hydrogen-bond acceptors (Lipinski definition) is 0. The average molecular weight is 202 g/mol. The molecular weight excluding hydrogens is 168 g/mol. The van der Waals surface area contributed by atoms with Gasteiger partial charge in [0.15, 0.2) is 0 Å². The van der Waals surface area contributed by atoms with Crippen LogP contribution in [0.25, 0.3) is 0 Å². The molecule has 0 aromatic carbocycles. The first-order chi connectivity index (χ1) is 6.83. The molecule has 0 spiro atoms. The molecule has 0 heteroatoms. The summed E-state index contributed by atoms with van der Waals surface area (Å²) < 4.78 is 0. The van der Waals surface area contributed by atoms with Crippen molar-refractivity contribution >= 4 is 0 Å². The third-order valence-corrected chi connectivity index (χ3v) is 1.18. The molecule has 0 bridgehead atoms. The van der Waals surface area contributed by atoms with E-state index in [1.165, 1.54) is 19.3 Å². The van der Waals surface area contributed by atoms with E-state index in [1.807, 2.05) is 34.6 Å². The Morgan fingerprint density at radius 2 is 1.14 bits per heavy atom. The zero-order chi connectivity index (χ0) is 12.2. The Kier molecular flexibility index (Phi) is 89.5. The van der Waals surface area contributed by atoms with Crippen molar-refractivity contribution < 1.29 is 0 Å². The molecule has 0 aliphatic rings. The third kappa shape index (κ3) is 96.8. The molecule has 0 amide bonds. The van der Waals surface area contributed by atoms with Crippen molar-refractivity contribution in [2.24, 2.45) is 0 Å². The summed E-state index contributed by atoms with van der Waals surface area (Å²) in [5.74, 6) is 0. The Balaban J connectivity index is -0.0000000528. The number of allylic oxidation sites excluding steroid dienone is 2. The van der Waals surface area contributed by atoms with Gasteiger partial charge in [-0.3, -0.25) is 0 Å². The fourth-order valence-electron chi connectivity index (χ4n) is 0.589. The van der Waals surface area contributed by atoms with Gasteiger partial charge in [-0.15, -0.1) is 0 Å². The summed E-state index contributed by atoms with van der Waals surface area (Å²) in [7, 11) is 0. The van der Waals surface area contributed by atoms with Gasteiger partial charge in [0.25, 0.3) is 0 Å². The van der Waals surface area contributed by atoms with Crippen molar-refractivity contribution in [1.29, 1.82) is 0 Å². The lowest BCUT2D eigenvalue weighted by Gasteiger charge is -1.79. The van der Waals surface area contributed by atoms with Gasteiger partial charge in [-0.1, -0.05) is 79.9 Å². The molecule has 0 aromatic rings. The molecule has 0 heterocycles. The standard InChI is InChI=1S/C5H12.C5H10.2C2H6/c2*1-3-5-4-2;2*1-2/h3-5H2,1-2H3;3,5H,4H2,1-2H3;2*1-2H3/b;5-3-;;. The highest BCUT2D eigenvalue weighted by Gasteiger charge is 1.68. The molecule has 0 nitrogen and oxygen atoms in total. The molecule has 14 heavy (non-hydrogen) atoms. The maximum atomic E-state index is 2.21. The monoisotopic (exact) mass is 202 g/mol. The van der Waals surface area contributed by atoms with E-state index >= 15 is 0 Å². The molecule has 90 valence electrons. The summed E-state index contributed by atoms with van der Waals surface area (Å²) in [6.07, 6.45) is 9.42. The third-order valence-electron chi connectivity index (χ3n) is 1.18. The molecule has 0 aromatic heterocycles. The van der Waals surface area contributed by atoms with Crippen LogP contribution >= 0.6 is 0 Å². The van der Waals surface area contributed by atoms with E-state index in [-0.39, 0.29) is 0 Å². The quantitative estimate of drug-likeness (QED) is 0.476. The van der Waals surface area contributed by atoms with E-state index in [0.717, 1.165) is 6.42 Å². The van der Waals surface area contributed by atoms with Gasteiger partial charge in [0.1, 0.15) is 0 Å². The number of unbranched alkanes of at least 4 members (excludes halogenated alkanes) is 2. The van der Waals surface area contributed by atoms with Crippen LogP contribution in [0.2, 0.25) is 0 Å². The predicted octanol–water partition coefficient (Wildman–Crippen LogP) is 6.22. The SMILES string of the molecule is C/C=C\CC.CC.CC.CCCCC. The van der Waals surface area contributed by atoms with Crippen LogP contribution in [0.1, 0.15) is 81.1 Å². The van der Waals surface area contributed by atoms with Gasteiger partial charge >= 0.3 is 0 Å². The van der Waals surface area contributed by atoms with Gasteiger partial charge in [-0.05, 0) is 13.3 Å². The van der Waals surface area contributed by atoms with Crippen LogP contribution in [0.5, 0.6) is 0 Å². The Morgan fingerprint density at radius 3 is 1.14 bits per heavy atom. The minimum atomic E-state index is 1.16. The van der Waals surface area contributed by atoms with Gasteiger partial charge in [0, 0.05) is 0 Å². The zero-order valence-electron chi connectivity index (χ0n) is 12.0. The van der Waals surface area contributed by atoms with Crippen LogP contribution in [-0.4, -0.2) is 0 Å². The Hall–Kier alpha value is -0.260. The van der Waals surface area contributed by atoms with E-state index in [0.29, 0.717) is 0 Å². The first-order valence-corrected chi connectivity index (χ1v) is 6.44. The van der Waals surface area contributed by atoms with E-state index in [4.69, 9.17) is 0 Å². The smallest absolute Gasteiger partial charge is 0.0379 e. The minimum Gasteiger partial charge on any atom is -0.0917 e. The maximum absolute atomic E-state index is 2.21. The first-order valence-electron chi connectivity index (χ1n) is 6.44. The maximum Gasteiger partial charge on any atom is -0.0379 e. The fraction of sp³-hybridized carbons (Fsp3) is 0.857. The molecule has 0 rings (SSSR count). The Bertz CT molecular complexity index is 51.1. The number of hydrogen-bond donors (Lipinski definition) is 0. The summed E-state index contributed by atoms with van der Waals surface area (Å²) >= 11 is 0. The zero-order valence-corrected chi connectivity index (χ0v) is 12.0. The second-order valence-corrected chi connectivity index (χ2v) is 2.33. The normalized spacial score (nSPS) is 7.43. The summed E-state index contributed by atoms with van der Waals surface area (Å²) in [6, 6.07) is 0. The van der Waals surface area contributed by atoms with E-state index < -0.39 is 0 Å². The van der Waals surface area contributed by atoms with Crippen LogP contribution in [0.15, 0.2) is 12.2 Å². The second kappa shape index (κ2) is 53.3. The Morgan fingerprint density at radius 1 is 0.786 bits per heavy atom. The molecule has 0 atom stereocenters. The molecule has 0 saturated carbocycles. The van der Waals surface area contributed by atoms with E-state index in [9.17, 15) is 0 Å². The van der Waals surface area contributed by atoms with E-state index in [2.05, 4.69) is 32.9 Å². The minimum absolute atomic E-state index is 1.16. The topological polar surface area (TPSA) is 0 Å². The highest BCUT2D eigenvalue weighted by atomic mass is 13.7. The molecule has 0 aliphatic carbocycles. The molecular formula is C14H34. The van der Waals surface area contributed by atoms with Crippen molar-refractivity contribution in [2.75, 3.05) is 0 Å². The molecule has 0 radical (unpaired) electrons. The van der Waals surface area contributed by atoms with Crippen molar-refractivity contribution in [2.45, 2.75) is 81.1 Å². The number of rotatable bonds is 3. The highest BCUT2D eigenvalue weighted by molar-refractivity contribution is 4.73. The molecule has 0 N–H and O–H groups in total. The van der Waals surface area contributed by atoms with Gasteiger partial charge in [-0.25, -0.2) is 0 Å². The van der Waals surface area contributed by atoms with Crippen LogP contribution in [0.4, 0.5) is 0 Å². The van der Waals surface area contributed by atoms with Gasteiger partial charge in [0.2, 0.25) is 0 Å². The van der Waals surface area contributed by atoms with Crippen LogP contribution in [-0.2, 0) is 0 Å². The van der Waals surface area contributed by atoms with Crippen LogP contribution in [0, 0.1) is 0 Å². The lowest BCUT2D eigenvalue weighted by atomic mass is 10.3. The van der Waals surface area contributed by atoms with Crippen LogP contribution < -0.4 is 0 Å². The van der Waals surface area contributed by atoms with E-state index in [1.54, 1.807) is 0 Å². The largest absolute Gasteiger partial charge is 0.0917 e. The molecule has 0 fully saturated rings. The lowest BCUT2D eigenvalue weighted by molar-refractivity contribution is 0.772. The summed E-state index contributed by atoms with van der Waals surface area (Å²) in [5, 5.41) is 0. The summed E-state index contributed by atoms with van der Waals surface area (Å²) in [6.45, 7) is 16.6. The van der Waals surface area contributed by atoms with Crippen LogP contribution in [0.3, 0.4) is 0 Å². The van der Waals surface area contributed by atoms with Crippen molar-refractivity contribution in [3.8, 4) is 0 Å². The van der Waals surface area contributed by atoms with Gasteiger partial charge < -0.3 is 0 Å². The molecule has 0 aliphatic heterocycles.